The number of halogens is 1. The molecule has 0 aliphatic heterocycles. The van der Waals surface area contributed by atoms with Gasteiger partial charge in [-0.05, 0) is 19.9 Å². The second-order valence-corrected chi connectivity index (χ2v) is 2.52. The fraction of sp³-hybridized carbons (Fsp3) is 0.778. The van der Waals surface area contributed by atoms with Crippen molar-refractivity contribution in [1.29, 1.82) is 0 Å². The van der Waals surface area contributed by atoms with Gasteiger partial charge in [-0.25, -0.2) is 0 Å². The van der Waals surface area contributed by atoms with Crippen LogP contribution in [0.5, 0.6) is 0 Å². The van der Waals surface area contributed by atoms with Crippen LogP contribution in [0, 0.1) is 0 Å². The quantitative estimate of drug-likeness (QED) is 0.486. The van der Waals surface area contributed by atoms with Gasteiger partial charge in [-0.3, -0.25) is 0 Å². The normalized spacial score (nSPS) is 10.0. The third-order valence-electron chi connectivity index (χ3n) is 1.46. The van der Waals surface area contributed by atoms with Gasteiger partial charge in [-0.2, -0.15) is 0 Å². The highest BCUT2D eigenvalue weighted by Gasteiger charge is 1.80. The van der Waals surface area contributed by atoms with E-state index in [1.54, 1.807) is 0 Å². The van der Waals surface area contributed by atoms with Gasteiger partial charge in [-0.1, -0.05) is 31.9 Å². The maximum atomic E-state index is 3.07. The van der Waals surface area contributed by atoms with Gasteiger partial charge in [0.2, 0.25) is 0 Å². The Morgan fingerprint density at radius 2 is 1.91 bits per heavy atom. The summed E-state index contributed by atoms with van der Waals surface area (Å²) < 4.78 is 0. The molecule has 68 valence electrons. The van der Waals surface area contributed by atoms with Crippen LogP contribution in [0.3, 0.4) is 0 Å². The van der Waals surface area contributed by atoms with E-state index >= 15 is 0 Å². The predicted molar refractivity (Wildman–Crippen MR) is 54.5 cm³/mol. The number of unbranched alkanes of at least 4 members (excludes halogenated alkanes) is 3. The highest BCUT2D eigenvalue weighted by Crippen LogP contribution is 1.98. The molecule has 0 bridgehead atoms. The zero-order valence-electron chi connectivity index (χ0n) is 7.60. The Kier molecular flexibility index (Phi) is 15.6. The molecule has 0 unspecified atom stereocenters. The van der Waals surface area contributed by atoms with Crippen LogP contribution in [0.4, 0.5) is 0 Å². The third kappa shape index (κ3) is 13.1. The lowest BCUT2D eigenvalue weighted by Crippen LogP contribution is -2.03. The van der Waals surface area contributed by atoms with Crippen LogP contribution in [0.25, 0.3) is 0 Å². The van der Waals surface area contributed by atoms with Crippen LogP contribution >= 0.6 is 12.4 Å². The number of hydrogen-bond donors (Lipinski definition) is 1. The Morgan fingerprint density at radius 3 is 2.45 bits per heavy atom. The summed E-state index contributed by atoms with van der Waals surface area (Å²) in [5.41, 5.74) is 0. The van der Waals surface area contributed by atoms with Crippen molar-refractivity contribution in [2.45, 2.75) is 32.6 Å². The summed E-state index contributed by atoms with van der Waals surface area (Å²) in [5, 5.41) is 3.07. The van der Waals surface area contributed by atoms with Crippen molar-refractivity contribution >= 4 is 12.4 Å². The van der Waals surface area contributed by atoms with Crippen molar-refractivity contribution in [1.82, 2.24) is 5.32 Å². The first-order chi connectivity index (χ1) is 4.91. The number of rotatable bonds is 6. The van der Waals surface area contributed by atoms with Gasteiger partial charge in [0.1, 0.15) is 0 Å². The van der Waals surface area contributed by atoms with Crippen molar-refractivity contribution in [3.63, 3.8) is 0 Å². The Bertz CT molecular complexity index is 81.6. The zero-order chi connectivity index (χ0) is 7.66. The molecule has 0 amide bonds. The molecule has 0 radical (unpaired) electrons. The summed E-state index contributed by atoms with van der Waals surface area (Å²) in [7, 11) is 1.97. The molecule has 0 atom stereocenters. The minimum absolute atomic E-state index is 0. The van der Waals surface area contributed by atoms with Crippen molar-refractivity contribution in [3.8, 4) is 0 Å². The molecule has 1 N–H and O–H groups in total. The van der Waals surface area contributed by atoms with E-state index in [0.717, 1.165) is 6.54 Å². The molecule has 0 aromatic rings. The minimum Gasteiger partial charge on any atom is -0.316 e. The fourth-order valence-corrected chi connectivity index (χ4v) is 0.831. The fourth-order valence-electron chi connectivity index (χ4n) is 0.831. The molecule has 0 aliphatic carbocycles. The number of likely N-dealkylation sites (N-methyl/N-ethyl adjacent to an activating group) is 1. The van der Waals surface area contributed by atoms with Crippen LogP contribution in [-0.2, 0) is 0 Å². The first kappa shape index (κ1) is 13.6. The molecule has 0 heterocycles. The standard InChI is InChI=1S/C9H19N.ClH/c1-3-4-5-6-7-8-9-10-2;/h7-8,10H,3-6,9H2,1-2H3;1H/b8-7+;. The second-order valence-electron chi connectivity index (χ2n) is 2.52. The van der Waals surface area contributed by atoms with Crippen LogP contribution < -0.4 is 5.32 Å². The van der Waals surface area contributed by atoms with E-state index in [1.165, 1.54) is 25.7 Å². The zero-order valence-corrected chi connectivity index (χ0v) is 8.41. The van der Waals surface area contributed by atoms with Gasteiger partial charge in [-0.15, -0.1) is 12.4 Å². The van der Waals surface area contributed by atoms with E-state index in [9.17, 15) is 0 Å². The molecule has 0 aromatic carbocycles. The molecule has 0 spiro atoms. The van der Waals surface area contributed by atoms with Gasteiger partial charge >= 0.3 is 0 Å². The molecule has 0 saturated heterocycles. The molecule has 11 heavy (non-hydrogen) atoms. The van der Waals surface area contributed by atoms with E-state index in [-0.39, 0.29) is 12.4 Å². The Morgan fingerprint density at radius 1 is 1.18 bits per heavy atom. The molecule has 0 saturated carbocycles. The molecule has 1 nitrogen and oxygen atoms in total. The first-order valence-corrected chi connectivity index (χ1v) is 4.21. The molecule has 0 aromatic heterocycles. The van der Waals surface area contributed by atoms with E-state index < -0.39 is 0 Å². The van der Waals surface area contributed by atoms with Gasteiger partial charge in [0.05, 0.1) is 0 Å². The van der Waals surface area contributed by atoms with Gasteiger partial charge in [0.15, 0.2) is 0 Å². The second kappa shape index (κ2) is 12.6. The lowest BCUT2D eigenvalue weighted by molar-refractivity contribution is 0.727. The van der Waals surface area contributed by atoms with Crippen LogP contribution in [0.2, 0.25) is 0 Å². The first-order valence-electron chi connectivity index (χ1n) is 4.21. The summed E-state index contributed by atoms with van der Waals surface area (Å²) in [6.07, 6.45) is 9.72. The van der Waals surface area contributed by atoms with E-state index in [1.807, 2.05) is 7.05 Å². The number of allylic oxidation sites excluding steroid dienone is 1. The topological polar surface area (TPSA) is 12.0 Å². The predicted octanol–water partition coefficient (Wildman–Crippen LogP) is 2.76. The summed E-state index contributed by atoms with van der Waals surface area (Å²) in [6, 6.07) is 0. The SMILES string of the molecule is CCCCC/C=C/CNC.Cl. The van der Waals surface area contributed by atoms with Crippen molar-refractivity contribution in [2.24, 2.45) is 0 Å². The Hall–Kier alpha value is -0.0100. The number of hydrogen-bond acceptors (Lipinski definition) is 1. The lowest BCUT2D eigenvalue weighted by Gasteiger charge is -1.91. The van der Waals surface area contributed by atoms with Crippen molar-refractivity contribution in [2.75, 3.05) is 13.6 Å². The average Bonchev–Trinajstić information content (AvgIpc) is 1.97. The largest absolute Gasteiger partial charge is 0.316 e. The average molecular weight is 178 g/mol. The van der Waals surface area contributed by atoms with Crippen LogP contribution in [0.15, 0.2) is 12.2 Å². The van der Waals surface area contributed by atoms with Crippen molar-refractivity contribution in [3.05, 3.63) is 12.2 Å². The molecule has 0 aliphatic rings. The highest BCUT2D eigenvalue weighted by molar-refractivity contribution is 5.85. The monoisotopic (exact) mass is 177 g/mol. The highest BCUT2D eigenvalue weighted by atomic mass is 35.5. The third-order valence-corrected chi connectivity index (χ3v) is 1.46. The Balaban J connectivity index is 0. The van der Waals surface area contributed by atoms with Crippen LogP contribution in [-0.4, -0.2) is 13.6 Å². The maximum absolute atomic E-state index is 3.07. The molecular formula is C9H20ClN. The molecule has 0 rings (SSSR count). The summed E-state index contributed by atoms with van der Waals surface area (Å²) >= 11 is 0. The van der Waals surface area contributed by atoms with Crippen LogP contribution in [0.1, 0.15) is 32.6 Å². The summed E-state index contributed by atoms with van der Waals surface area (Å²) in [6.45, 7) is 3.24. The van der Waals surface area contributed by atoms with E-state index in [4.69, 9.17) is 0 Å². The smallest absolute Gasteiger partial charge is 0.0131 e. The Labute approximate surface area is 76.7 Å². The van der Waals surface area contributed by atoms with E-state index in [0.29, 0.717) is 0 Å². The minimum atomic E-state index is 0. The maximum Gasteiger partial charge on any atom is 0.0131 e. The van der Waals surface area contributed by atoms with Gasteiger partial charge < -0.3 is 5.32 Å². The van der Waals surface area contributed by atoms with E-state index in [2.05, 4.69) is 24.4 Å². The van der Waals surface area contributed by atoms with Crippen molar-refractivity contribution < 1.29 is 0 Å². The summed E-state index contributed by atoms with van der Waals surface area (Å²) in [4.78, 5) is 0. The number of nitrogens with one attached hydrogen (secondary N) is 1. The molecule has 2 heteroatoms. The van der Waals surface area contributed by atoms with Gasteiger partial charge in [0.25, 0.3) is 0 Å². The lowest BCUT2D eigenvalue weighted by atomic mass is 10.2. The molecule has 0 fully saturated rings. The van der Waals surface area contributed by atoms with Gasteiger partial charge in [0, 0.05) is 6.54 Å². The summed E-state index contributed by atoms with van der Waals surface area (Å²) in [5.74, 6) is 0. The molecular weight excluding hydrogens is 158 g/mol.